The van der Waals surface area contributed by atoms with Gasteiger partial charge in [-0.05, 0) is 30.3 Å². The van der Waals surface area contributed by atoms with Crippen LogP contribution in [0.3, 0.4) is 0 Å². The van der Waals surface area contributed by atoms with Crippen LogP contribution in [-0.2, 0) is 0 Å². The van der Waals surface area contributed by atoms with E-state index in [1.165, 1.54) is 12.1 Å². The standard InChI is InChI=1S/C15H11BrFN3/c16-11-3-1-10(2-4-11)15-8-19-9-20(15)14-7-12(18)5-6-13(14)17/h1-9H,18H2. The van der Waals surface area contributed by atoms with Crippen LogP contribution >= 0.6 is 15.9 Å². The van der Waals surface area contributed by atoms with Crippen molar-refractivity contribution in [2.75, 3.05) is 5.73 Å². The van der Waals surface area contributed by atoms with Crippen molar-refractivity contribution in [2.45, 2.75) is 0 Å². The molecule has 5 heteroatoms. The van der Waals surface area contributed by atoms with E-state index in [0.29, 0.717) is 11.4 Å². The molecule has 0 bridgehead atoms. The second kappa shape index (κ2) is 5.09. The Morgan fingerprint density at radius 1 is 1.10 bits per heavy atom. The molecule has 1 heterocycles. The second-order valence-corrected chi connectivity index (χ2v) is 5.28. The lowest BCUT2D eigenvalue weighted by Crippen LogP contribution is -2.00. The molecular formula is C15H11BrFN3. The van der Waals surface area contributed by atoms with Crippen molar-refractivity contribution in [3.05, 3.63) is 65.3 Å². The van der Waals surface area contributed by atoms with Gasteiger partial charge in [0.1, 0.15) is 5.82 Å². The van der Waals surface area contributed by atoms with E-state index in [1.807, 2.05) is 24.3 Å². The Morgan fingerprint density at radius 3 is 2.60 bits per heavy atom. The van der Waals surface area contributed by atoms with Crippen LogP contribution in [0.4, 0.5) is 10.1 Å². The highest BCUT2D eigenvalue weighted by Crippen LogP contribution is 2.26. The topological polar surface area (TPSA) is 43.8 Å². The fraction of sp³-hybridized carbons (Fsp3) is 0. The van der Waals surface area contributed by atoms with Crippen molar-refractivity contribution in [3.8, 4) is 16.9 Å². The number of hydrogen-bond donors (Lipinski definition) is 1. The summed E-state index contributed by atoms with van der Waals surface area (Å²) in [5, 5.41) is 0. The number of nitrogen functional groups attached to an aromatic ring is 1. The summed E-state index contributed by atoms with van der Waals surface area (Å²) in [5.41, 5.74) is 8.39. The molecule has 0 saturated heterocycles. The molecule has 0 amide bonds. The predicted molar refractivity (Wildman–Crippen MR) is 81.1 cm³/mol. The molecule has 3 rings (SSSR count). The summed E-state index contributed by atoms with van der Waals surface area (Å²) in [6.07, 6.45) is 3.28. The fourth-order valence-electron chi connectivity index (χ4n) is 2.04. The molecule has 0 saturated carbocycles. The molecule has 0 radical (unpaired) electrons. The van der Waals surface area contributed by atoms with E-state index in [1.54, 1.807) is 23.2 Å². The highest BCUT2D eigenvalue weighted by Gasteiger charge is 2.11. The van der Waals surface area contributed by atoms with Gasteiger partial charge in [-0.3, -0.25) is 4.57 Å². The van der Waals surface area contributed by atoms with E-state index in [-0.39, 0.29) is 5.82 Å². The summed E-state index contributed by atoms with van der Waals surface area (Å²) in [4.78, 5) is 4.11. The summed E-state index contributed by atoms with van der Waals surface area (Å²) < 4.78 is 16.7. The number of hydrogen-bond acceptors (Lipinski definition) is 2. The van der Waals surface area contributed by atoms with Crippen LogP contribution in [0.5, 0.6) is 0 Å². The first-order chi connectivity index (χ1) is 9.65. The predicted octanol–water partition coefficient (Wildman–Crippen LogP) is 4.02. The molecule has 3 aromatic rings. The lowest BCUT2D eigenvalue weighted by molar-refractivity contribution is 0.619. The van der Waals surface area contributed by atoms with E-state index in [2.05, 4.69) is 20.9 Å². The summed E-state index contributed by atoms with van der Waals surface area (Å²) in [6.45, 7) is 0. The maximum absolute atomic E-state index is 14.0. The minimum atomic E-state index is -0.337. The summed E-state index contributed by atoms with van der Waals surface area (Å²) in [7, 11) is 0. The molecular weight excluding hydrogens is 321 g/mol. The third kappa shape index (κ3) is 2.32. The van der Waals surface area contributed by atoms with Crippen molar-refractivity contribution in [2.24, 2.45) is 0 Å². The zero-order chi connectivity index (χ0) is 14.1. The first-order valence-electron chi connectivity index (χ1n) is 5.99. The van der Waals surface area contributed by atoms with Gasteiger partial charge in [0, 0.05) is 15.7 Å². The number of halogens is 2. The largest absolute Gasteiger partial charge is 0.399 e. The van der Waals surface area contributed by atoms with Gasteiger partial charge in [0.2, 0.25) is 0 Å². The molecule has 100 valence electrons. The number of nitrogens with two attached hydrogens (primary N) is 1. The SMILES string of the molecule is Nc1ccc(F)c(-n2cncc2-c2ccc(Br)cc2)c1. The highest BCUT2D eigenvalue weighted by molar-refractivity contribution is 9.10. The molecule has 0 unspecified atom stereocenters. The van der Waals surface area contributed by atoms with Gasteiger partial charge < -0.3 is 5.73 Å². The summed E-state index contributed by atoms with van der Waals surface area (Å²) in [5.74, 6) is -0.337. The van der Waals surface area contributed by atoms with Gasteiger partial charge in [0.15, 0.2) is 0 Å². The van der Waals surface area contributed by atoms with Crippen LogP contribution in [0.15, 0.2) is 59.5 Å². The number of nitrogens with zero attached hydrogens (tertiary/aromatic N) is 2. The highest BCUT2D eigenvalue weighted by atomic mass is 79.9. The van der Waals surface area contributed by atoms with E-state index in [0.717, 1.165) is 15.7 Å². The Balaban J connectivity index is 2.15. The molecule has 2 N–H and O–H groups in total. The van der Waals surface area contributed by atoms with Crippen molar-refractivity contribution < 1.29 is 4.39 Å². The smallest absolute Gasteiger partial charge is 0.147 e. The van der Waals surface area contributed by atoms with Gasteiger partial charge in [0.25, 0.3) is 0 Å². The van der Waals surface area contributed by atoms with Crippen LogP contribution < -0.4 is 5.73 Å². The molecule has 0 fully saturated rings. The second-order valence-electron chi connectivity index (χ2n) is 4.37. The zero-order valence-corrected chi connectivity index (χ0v) is 12.0. The third-order valence-electron chi connectivity index (χ3n) is 3.01. The lowest BCUT2D eigenvalue weighted by Gasteiger charge is -2.10. The van der Waals surface area contributed by atoms with Crippen LogP contribution in [0.2, 0.25) is 0 Å². The van der Waals surface area contributed by atoms with Gasteiger partial charge in [0.05, 0.1) is 23.9 Å². The Labute approximate surface area is 124 Å². The molecule has 0 aliphatic rings. The zero-order valence-electron chi connectivity index (χ0n) is 10.4. The molecule has 3 nitrogen and oxygen atoms in total. The molecule has 0 spiro atoms. The molecule has 1 aromatic heterocycles. The van der Waals surface area contributed by atoms with Gasteiger partial charge in [-0.2, -0.15) is 0 Å². The molecule has 0 aliphatic carbocycles. The summed E-state index contributed by atoms with van der Waals surface area (Å²) >= 11 is 3.39. The number of imidazole rings is 1. The van der Waals surface area contributed by atoms with E-state index < -0.39 is 0 Å². The van der Waals surface area contributed by atoms with Crippen molar-refractivity contribution in [1.82, 2.24) is 9.55 Å². The maximum atomic E-state index is 14.0. The molecule has 0 aliphatic heterocycles. The van der Waals surface area contributed by atoms with Crippen LogP contribution in [0, 0.1) is 5.82 Å². The van der Waals surface area contributed by atoms with Crippen molar-refractivity contribution >= 4 is 21.6 Å². The Morgan fingerprint density at radius 2 is 1.85 bits per heavy atom. The average molecular weight is 332 g/mol. The molecule has 0 atom stereocenters. The summed E-state index contributed by atoms with van der Waals surface area (Å²) in [6, 6.07) is 12.2. The van der Waals surface area contributed by atoms with Crippen molar-refractivity contribution in [3.63, 3.8) is 0 Å². The number of benzene rings is 2. The molecule has 20 heavy (non-hydrogen) atoms. The number of rotatable bonds is 2. The fourth-order valence-corrected chi connectivity index (χ4v) is 2.30. The van der Waals surface area contributed by atoms with Crippen LogP contribution in [0.1, 0.15) is 0 Å². The first kappa shape index (κ1) is 12.9. The number of anilines is 1. The van der Waals surface area contributed by atoms with Gasteiger partial charge in [-0.1, -0.05) is 28.1 Å². The Hall–Kier alpha value is -2.14. The normalized spacial score (nSPS) is 10.7. The van der Waals surface area contributed by atoms with Gasteiger partial charge in [-0.25, -0.2) is 9.37 Å². The van der Waals surface area contributed by atoms with Gasteiger partial charge >= 0.3 is 0 Å². The molecule has 2 aromatic carbocycles. The van der Waals surface area contributed by atoms with Crippen LogP contribution in [-0.4, -0.2) is 9.55 Å². The average Bonchev–Trinajstić information content (AvgIpc) is 2.91. The lowest BCUT2D eigenvalue weighted by atomic mass is 10.1. The number of aromatic nitrogens is 2. The monoisotopic (exact) mass is 331 g/mol. The quantitative estimate of drug-likeness (QED) is 0.720. The Kier molecular flexibility index (Phi) is 3.28. The first-order valence-corrected chi connectivity index (χ1v) is 6.78. The third-order valence-corrected chi connectivity index (χ3v) is 3.54. The minimum Gasteiger partial charge on any atom is -0.399 e. The van der Waals surface area contributed by atoms with E-state index >= 15 is 0 Å². The van der Waals surface area contributed by atoms with Crippen molar-refractivity contribution in [1.29, 1.82) is 0 Å². The Bertz CT molecular complexity index is 750. The van der Waals surface area contributed by atoms with Crippen LogP contribution in [0.25, 0.3) is 16.9 Å². The van der Waals surface area contributed by atoms with Gasteiger partial charge in [-0.15, -0.1) is 0 Å². The minimum absolute atomic E-state index is 0.337. The van der Waals surface area contributed by atoms with E-state index in [4.69, 9.17) is 5.73 Å². The maximum Gasteiger partial charge on any atom is 0.147 e. The van der Waals surface area contributed by atoms with E-state index in [9.17, 15) is 4.39 Å².